The fraction of sp³-hybridized carbons (Fsp3) is 0.263. The van der Waals surface area contributed by atoms with Crippen LogP contribution in [0.25, 0.3) is 0 Å². The van der Waals surface area contributed by atoms with E-state index in [1.807, 2.05) is 37.3 Å². The predicted octanol–water partition coefficient (Wildman–Crippen LogP) is 2.82. The lowest BCUT2D eigenvalue weighted by atomic mass is 10.2. The summed E-state index contributed by atoms with van der Waals surface area (Å²) in [5, 5.41) is 5.77. The van der Waals surface area contributed by atoms with E-state index in [0.29, 0.717) is 13.1 Å². The number of rotatable bonds is 8. The number of nitrogens with zero attached hydrogens (tertiary/aromatic N) is 1. The highest BCUT2D eigenvalue weighted by atomic mass is 35.5. The lowest BCUT2D eigenvalue weighted by Crippen LogP contribution is -2.42. The Balaban J connectivity index is 0.00000338. The van der Waals surface area contributed by atoms with E-state index in [2.05, 4.69) is 10.6 Å². The molecular weight excluding hydrogens is 357 g/mol. The summed E-state index contributed by atoms with van der Waals surface area (Å²) in [4.78, 5) is 25.8. The number of benzene rings is 2. The van der Waals surface area contributed by atoms with Crippen LogP contribution in [-0.2, 0) is 16.1 Å². The third kappa shape index (κ3) is 7.11. The average Bonchev–Trinajstić information content (AvgIpc) is 2.64. The van der Waals surface area contributed by atoms with E-state index in [4.69, 9.17) is 0 Å². The zero-order chi connectivity index (χ0) is 18.1. The van der Waals surface area contributed by atoms with Gasteiger partial charge >= 0.3 is 0 Å². The molecule has 0 radical (unpaired) electrons. The Bertz CT molecular complexity index is 696. The second-order valence-corrected chi connectivity index (χ2v) is 5.53. The van der Waals surface area contributed by atoms with Crippen molar-refractivity contribution >= 4 is 29.9 Å². The molecule has 2 aromatic rings. The van der Waals surface area contributed by atoms with Crippen molar-refractivity contribution in [3.8, 4) is 0 Å². The molecule has 0 saturated heterocycles. The van der Waals surface area contributed by atoms with Crippen LogP contribution in [0.2, 0.25) is 0 Å². The highest BCUT2D eigenvalue weighted by Crippen LogP contribution is 2.05. The van der Waals surface area contributed by atoms with Gasteiger partial charge < -0.3 is 15.5 Å². The summed E-state index contributed by atoms with van der Waals surface area (Å²) in [6, 6.07) is 15.3. The van der Waals surface area contributed by atoms with Crippen molar-refractivity contribution in [2.75, 3.05) is 25.0 Å². The van der Waals surface area contributed by atoms with Crippen LogP contribution in [-0.4, -0.2) is 36.3 Å². The van der Waals surface area contributed by atoms with Gasteiger partial charge in [0, 0.05) is 18.8 Å². The van der Waals surface area contributed by atoms with Crippen molar-refractivity contribution in [1.29, 1.82) is 0 Å². The Labute approximate surface area is 159 Å². The van der Waals surface area contributed by atoms with Crippen LogP contribution in [0.15, 0.2) is 54.6 Å². The predicted molar refractivity (Wildman–Crippen MR) is 103 cm³/mol. The molecule has 0 atom stereocenters. The number of amides is 2. The third-order valence-corrected chi connectivity index (χ3v) is 3.69. The van der Waals surface area contributed by atoms with Crippen molar-refractivity contribution in [2.45, 2.75) is 13.5 Å². The molecule has 140 valence electrons. The molecule has 0 unspecified atom stereocenters. The van der Waals surface area contributed by atoms with Crippen LogP contribution in [0, 0.1) is 5.82 Å². The first kappa shape index (κ1) is 21.4. The van der Waals surface area contributed by atoms with Crippen LogP contribution < -0.4 is 10.6 Å². The number of nitrogens with one attached hydrogen (secondary N) is 2. The SMILES string of the molecule is CCN(CC(=O)NCc1ccc(F)cc1)C(=O)CNc1ccccc1.Cl. The van der Waals surface area contributed by atoms with Gasteiger partial charge in [-0.3, -0.25) is 9.59 Å². The number of carbonyl (C=O) groups is 2. The molecule has 0 aliphatic rings. The highest BCUT2D eigenvalue weighted by molar-refractivity contribution is 5.86. The van der Waals surface area contributed by atoms with Gasteiger partial charge in [-0.15, -0.1) is 12.4 Å². The molecule has 0 heterocycles. The number of anilines is 1. The molecule has 5 nitrogen and oxygen atoms in total. The maximum absolute atomic E-state index is 12.8. The number of halogens is 2. The second kappa shape index (κ2) is 11.1. The summed E-state index contributed by atoms with van der Waals surface area (Å²) < 4.78 is 12.8. The standard InChI is InChI=1S/C19H22FN3O2.ClH/c1-2-23(19(25)13-21-17-6-4-3-5-7-17)14-18(24)22-12-15-8-10-16(20)11-9-15;/h3-11,21H,2,12-14H2,1H3,(H,22,24);1H. The zero-order valence-electron chi connectivity index (χ0n) is 14.6. The lowest BCUT2D eigenvalue weighted by Gasteiger charge is -2.21. The summed E-state index contributed by atoms with van der Waals surface area (Å²) in [5.74, 6) is -0.716. The van der Waals surface area contributed by atoms with Crippen LogP contribution in [0.5, 0.6) is 0 Å². The minimum Gasteiger partial charge on any atom is -0.376 e. The zero-order valence-corrected chi connectivity index (χ0v) is 15.4. The molecule has 0 aliphatic heterocycles. The Morgan fingerprint density at radius 3 is 2.31 bits per heavy atom. The van der Waals surface area contributed by atoms with Crippen LogP contribution in [0.3, 0.4) is 0 Å². The van der Waals surface area contributed by atoms with Gasteiger partial charge in [-0.2, -0.15) is 0 Å². The molecule has 26 heavy (non-hydrogen) atoms. The second-order valence-electron chi connectivity index (χ2n) is 5.53. The Morgan fingerprint density at radius 2 is 1.69 bits per heavy atom. The minimum absolute atomic E-state index is 0. The quantitative estimate of drug-likeness (QED) is 0.741. The number of carbonyl (C=O) groups excluding carboxylic acids is 2. The van der Waals surface area contributed by atoms with Crippen molar-refractivity contribution in [1.82, 2.24) is 10.2 Å². The fourth-order valence-corrected chi connectivity index (χ4v) is 2.25. The minimum atomic E-state index is -0.316. The van der Waals surface area contributed by atoms with E-state index < -0.39 is 0 Å². The summed E-state index contributed by atoms with van der Waals surface area (Å²) in [6.07, 6.45) is 0. The largest absolute Gasteiger partial charge is 0.376 e. The first-order valence-corrected chi connectivity index (χ1v) is 8.16. The number of likely N-dealkylation sites (N-methyl/N-ethyl adjacent to an activating group) is 1. The monoisotopic (exact) mass is 379 g/mol. The summed E-state index contributed by atoms with van der Waals surface area (Å²) in [6.45, 7) is 2.69. The maximum atomic E-state index is 12.8. The molecular formula is C19H23ClFN3O2. The van der Waals surface area contributed by atoms with Gasteiger partial charge in [0.05, 0.1) is 13.1 Å². The topological polar surface area (TPSA) is 61.4 Å². The van der Waals surface area contributed by atoms with Crippen molar-refractivity contribution in [3.05, 3.63) is 66.0 Å². The van der Waals surface area contributed by atoms with E-state index >= 15 is 0 Å². The van der Waals surface area contributed by atoms with Crippen molar-refractivity contribution < 1.29 is 14.0 Å². The van der Waals surface area contributed by atoms with E-state index in [9.17, 15) is 14.0 Å². The van der Waals surface area contributed by atoms with E-state index in [0.717, 1.165) is 11.3 Å². The summed E-state index contributed by atoms with van der Waals surface area (Å²) in [7, 11) is 0. The molecule has 2 aromatic carbocycles. The van der Waals surface area contributed by atoms with Gasteiger partial charge in [0.15, 0.2) is 0 Å². The molecule has 0 fully saturated rings. The molecule has 2 rings (SSSR count). The molecule has 2 amide bonds. The average molecular weight is 380 g/mol. The molecule has 0 aromatic heterocycles. The molecule has 7 heteroatoms. The van der Waals surface area contributed by atoms with Gasteiger partial charge in [-0.05, 0) is 36.8 Å². The van der Waals surface area contributed by atoms with Gasteiger partial charge in [-0.1, -0.05) is 30.3 Å². The Morgan fingerprint density at radius 1 is 1.04 bits per heavy atom. The number of hydrogen-bond acceptors (Lipinski definition) is 3. The van der Waals surface area contributed by atoms with Gasteiger partial charge in [0.25, 0.3) is 0 Å². The normalized spacial score (nSPS) is 9.77. The van der Waals surface area contributed by atoms with Crippen LogP contribution in [0.4, 0.5) is 10.1 Å². The molecule has 0 aliphatic carbocycles. The van der Waals surface area contributed by atoms with Gasteiger partial charge in [0.2, 0.25) is 11.8 Å². The Hall–Kier alpha value is -2.60. The summed E-state index contributed by atoms with van der Waals surface area (Å²) >= 11 is 0. The first-order chi connectivity index (χ1) is 12.1. The summed E-state index contributed by atoms with van der Waals surface area (Å²) in [5.41, 5.74) is 1.66. The number of para-hydroxylation sites is 1. The van der Waals surface area contributed by atoms with Gasteiger partial charge in [0.1, 0.15) is 5.82 Å². The molecule has 0 saturated carbocycles. The lowest BCUT2D eigenvalue weighted by molar-refractivity contribution is -0.134. The maximum Gasteiger partial charge on any atom is 0.242 e. The highest BCUT2D eigenvalue weighted by Gasteiger charge is 2.15. The molecule has 2 N–H and O–H groups in total. The number of hydrogen-bond donors (Lipinski definition) is 2. The third-order valence-electron chi connectivity index (χ3n) is 3.69. The smallest absolute Gasteiger partial charge is 0.242 e. The van der Waals surface area contributed by atoms with Crippen molar-refractivity contribution in [2.24, 2.45) is 0 Å². The van der Waals surface area contributed by atoms with E-state index in [1.54, 1.807) is 12.1 Å². The van der Waals surface area contributed by atoms with E-state index in [-0.39, 0.29) is 43.1 Å². The fourth-order valence-electron chi connectivity index (χ4n) is 2.25. The van der Waals surface area contributed by atoms with E-state index in [1.165, 1.54) is 17.0 Å². The van der Waals surface area contributed by atoms with Crippen LogP contribution >= 0.6 is 12.4 Å². The van der Waals surface area contributed by atoms with Gasteiger partial charge in [-0.25, -0.2) is 4.39 Å². The Kier molecular flexibility index (Phi) is 9.15. The van der Waals surface area contributed by atoms with Crippen molar-refractivity contribution in [3.63, 3.8) is 0 Å². The molecule has 0 bridgehead atoms. The first-order valence-electron chi connectivity index (χ1n) is 8.16. The van der Waals surface area contributed by atoms with Crippen LogP contribution in [0.1, 0.15) is 12.5 Å². The molecule has 0 spiro atoms.